The summed E-state index contributed by atoms with van der Waals surface area (Å²) in [4.78, 5) is 13.6. The Morgan fingerprint density at radius 2 is 2.17 bits per heavy atom. The van der Waals surface area contributed by atoms with E-state index in [1.807, 2.05) is 0 Å². The van der Waals surface area contributed by atoms with Crippen molar-refractivity contribution in [2.24, 2.45) is 11.7 Å². The van der Waals surface area contributed by atoms with E-state index in [1.54, 1.807) is 23.1 Å². The van der Waals surface area contributed by atoms with E-state index < -0.39 is 10.0 Å². The number of carbonyl (C=O) groups excluding carboxylic acids is 1. The Kier molecular flexibility index (Phi) is 4.44. The first-order chi connectivity index (χ1) is 10.9. The van der Waals surface area contributed by atoms with Crippen LogP contribution in [0.25, 0.3) is 0 Å². The van der Waals surface area contributed by atoms with Crippen LogP contribution in [0.2, 0.25) is 0 Å². The largest absolute Gasteiger partial charge is 0.326 e. The van der Waals surface area contributed by atoms with E-state index in [1.165, 1.54) is 6.92 Å². The van der Waals surface area contributed by atoms with Crippen LogP contribution in [0.1, 0.15) is 31.7 Å². The first-order valence-electron chi connectivity index (χ1n) is 8.05. The number of hydrogen-bond donors (Lipinski definition) is 2. The third-order valence-electron chi connectivity index (χ3n) is 4.60. The molecule has 3 rings (SSSR count). The van der Waals surface area contributed by atoms with E-state index in [2.05, 4.69) is 4.72 Å². The molecule has 2 aliphatic rings. The number of amides is 1. The molecule has 23 heavy (non-hydrogen) atoms. The van der Waals surface area contributed by atoms with Gasteiger partial charge in [0.2, 0.25) is 15.9 Å². The Labute approximate surface area is 137 Å². The highest BCUT2D eigenvalue weighted by Gasteiger charge is 2.30. The van der Waals surface area contributed by atoms with E-state index in [9.17, 15) is 13.2 Å². The van der Waals surface area contributed by atoms with Crippen molar-refractivity contribution >= 4 is 21.6 Å². The van der Waals surface area contributed by atoms with E-state index >= 15 is 0 Å². The van der Waals surface area contributed by atoms with Crippen LogP contribution in [0.3, 0.4) is 0 Å². The summed E-state index contributed by atoms with van der Waals surface area (Å²) in [6.45, 7) is 2.38. The summed E-state index contributed by atoms with van der Waals surface area (Å²) in [5, 5.41) is 0. The molecule has 1 amide bonds. The Morgan fingerprint density at radius 1 is 1.43 bits per heavy atom. The second-order valence-electron chi connectivity index (χ2n) is 6.42. The van der Waals surface area contributed by atoms with Crippen molar-refractivity contribution in [2.75, 3.05) is 18.0 Å². The maximum absolute atomic E-state index is 12.5. The van der Waals surface area contributed by atoms with Gasteiger partial charge in [-0.15, -0.1) is 0 Å². The molecule has 1 aliphatic heterocycles. The van der Waals surface area contributed by atoms with Crippen LogP contribution in [0.5, 0.6) is 0 Å². The molecule has 7 heteroatoms. The fourth-order valence-corrected chi connectivity index (χ4v) is 4.12. The lowest BCUT2D eigenvalue weighted by Crippen LogP contribution is -2.38. The number of nitrogens with one attached hydrogen (secondary N) is 1. The molecule has 0 aromatic heterocycles. The summed E-state index contributed by atoms with van der Waals surface area (Å²) >= 11 is 0. The van der Waals surface area contributed by atoms with Crippen LogP contribution in [0.15, 0.2) is 23.1 Å². The average molecular weight is 337 g/mol. The number of rotatable bonds is 5. The normalized spacial score (nSPS) is 19.3. The van der Waals surface area contributed by atoms with Gasteiger partial charge in [0.05, 0.1) is 4.90 Å². The zero-order chi connectivity index (χ0) is 16.6. The van der Waals surface area contributed by atoms with Crippen molar-refractivity contribution in [2.45, 2.75) is 43.5 Å². The number of benzene rings is 1. The van der Waals surface area contributed by atoms with Gasteiger partial charge in [0.15, 0.2) is 0 Å². The molecule has 126 valence electrons. The second-order valence-corrected chi connectivity index (χ2v) is 8.18. The Bertz CT molecular complexity index is 713. The molecule has 1 aliphatic carbocycles. The van der Waals surface area contributed by atoms with Crippen LogP contribution >= 0.6 is 0 Å². The summed E-state index contributed by atoms with van der Waals surface area (Å²) < 4.78 is 27.5. The molecule has 1 aromatic carbocycles. The van der Waals surface area contributed by atoms with Crippen LogP contribution in [-0.2, 0) is 21.2 Å². The van der Waals surface area contributed by atoms with Gasteiger partial charge in [-0.1, -0.05) is 6.07 Å². The molecule has 1 unspecified atom stereocenters. The summed E-state index contributed by atoms with van der Waals surface area (Å²) in [7, 11) is -3.61. The van der Waals surface area contributed by atoms with Crippen molar-refractivity contribution in [1.82, 2.24) is 4.72 Å². The monoisotopic (exact) mass is 337 g/mol. The van der Waals surface area contributed by atoms with Crippen molar-refractivity contribution < 1.29 is 13.2 Å². The SMILES string of the molecule is CC(=O)N1CCCc2ccc(S(=O)(=O)NCC(N)C3CC3)cc21. The molecular weight excluding hydrogens is 314 g/mol. The molecule has 1 saturated carbocycles. The first kappa shape index (κ1) is 16.4. The molecule has 0 bridgehead atoms. The van der Waals surface area contributed by atoms with Gasteiger partial charge < -0.3 is 10.6 Å². The lowest BCUT2D eigenvalue weighted by Gasteiger charge is -2.29. The van der Waals surface area contributed by atoms with Crippen molar-refractivity contribution in [3.8, 4) is 0 Å². The fourth-order valence-electron chi connectivity index (χ4n) is 3.03. The van der Waals surface area contributed by atoms with Crippen LogP contribution in [0, 0.1) is 5.92 Å². The smallest absolute Gasteiger partial charge is 0.240 e. The number of sulfonamides is 1. The molecule has 6 nitrogen and oxygen atoms in total. The highest BCUT2D eigenvalue weighted by atomic mass is 32.2. The van der Waals surface area contributed by atoms with Gasteiger partial charge >= 0.3 is 0 Å². The summed E-state index contributed by atoms with van der Waals surface area (Å²) in [5.74, 6) is 0.374. The molecule has 0 saturated heterocycles. The van der Waals surface area contributed by atoms with Crippen molar-refractivity contribution in [1.29, 1.82) is 0 Å². The lowest BCUT2D eigenvalue weighted by molar-refractivity contribution is -0.116. The van der Waals surface area contributed by atoms with E-state index in [0.717, 1.165) is 31.2 Å². The first-order valence-corrected chi connectivity index (χ1v) is 9.53. The molecule has 3 N–H and O–H groups in total. The highest BCUT2D eigenvalue weighted by molar-refractivity contribution is 7.89. The molecule has 1 atom stereocenters. The van der Waals surface area contributed by atoms with Crippen LogP contribution in [-0.4, -0.2) is 33.5 Å². The number of anilines is 1. The number of carbonyl (C=O) groups is 1. The number of fused-ring (bicyclic) bond motifs is 1. The third kappa shape index (κ3) is 3.57. The molecule has 1 fully saturated rings. The Morgan fingerprint density at radius 3 is 2.83 bits per heavy atom. The van der Waals surface area contributed by atoms with Gasteiger partial charge in [0.1, 0.15) is 0 Å². The second kappa shape index (κ2) is 6.22. The number of nitrogens with zero attached hydrogens (tertiary/aromatic N) is 1. The quantitative estimate of drug-likeness (QED) is 0.838. The highest BCUT2D eigenvalue weighted by Crippen LogP contribution is 2.32. The van der Waals surface area contributed by atoms with E-state index in [-0.39, 0.29) is 23.4 Å². The molecule has 1 aromatic rings. The molecular formula is C16H23N3O3S. The van der Waals surface area contributed by atoms with E-state index in [0.29, 0.717) is 18.2 Å². The van der Waals surface area contributed by atoms with Gasteiger partial charge in [0, 0.05) is 31.7 Å². The molecule has 0 radical (unpaired) electrons. The van der Waals surface area contributed by atoms with Gasteiger partial charge in [0.25, 0.3) is 0 Å². The third-order valence-corrected chi connectivity index (χ3v) is 6.02. The van der Waals surface area contributed by atoms with Gasteiger partial charge in [-0.05, 0) is 49.3 Å². The van der Waals surface area contributed by atoms with Crippen LogP contribution in [0.4, 0.5) is 5.69 Å². The standard InChI is InChI=1S/C16H23N3O3S/c1-11(20)19-8-2-3-13-6-7-14(9-16(13)19)23(21,22)18-10-15(17)12-4-5-12/h6-7,9,12,15,18H,2-5,8,10,17H2,1H3. The van der Waals surface area contributed by atoms with Gasteiger partial charge in [-0.25, -0.2) is 13.1 Å². The lowest BCUT2D eigenvalue weighted by atomic mass is 10.0. The summed E-state index contributed by atoms with van der Waals surface area (Å²) in [5.41, 5.74) is 7.68. The summed E-state index contributed by atoms with van der Waals surface area (Å²) in [6, 6.07) is 4.88. The zero-order valence-electron chi connectivity index (χ0n) is 13.3. The fraction of sp³-hybridized carbons (Fsp3) is 0.562. The van der Waals surface area contributed by atoms with E-state index in [4.69, 9.17) is 5.73 Å². The number of nitrogens with two attached hydrogens (primary N) is 1. The Balaban J connectivity index is 1.81. The zero-order valence-corrected chi connectivity index (χ0v) is 14.1. The number of hydrogen-bond acceptors (Lipinski definition) is 4. The van der Waals surface area contributed by atoms with Crippen molar-refractivity contribution in [3.05, 3.63) is 23.8 Å². The van der Waals surface area contributed by atoms with Gasteiger partial charge in [-0.2, -0.15) is 0 Å². The molecule has 1 heterocycles. The predicted octanol–water partition coefficient (Wildman–Crippen LogP) is 1.00. The van der Waals surface area contributed by atoms with Gasteiger partial charge in [-0.3, -0.25) is 4.79 Å². The maximum Gasteiger partial charge on any atom is 0.240 e. The minimum absolute atomic E-state index is 0.0655. The molecule has 0 spiro atoms. The minimum atomic E-state index is -3.61. The minimum Gasteiger partial charge on any atom is -0.326 e. The number of aryl methyl sites for hydroxylation is 1. The van der Waals surface area contributed by atoms with Crippen molar-refractivity contribution in [3.63, 3.8) is 0 Å². The maximum atomic E-state index is 12.5. The Hall–Kier alpha value is -1.44. The van der Waals surface area contributed by atoms with Crippen LogP contribution < -0.4 is 15.4 Å². The average Bonchev–Trinajstić information content (AvgIpc) is 3.36. The summed E-state index contributed by atoms with van der Waals surface area (Å²) in [6.07, 6.45) is 3.91. The topological polar surface area (TPSA) is 92.5 Å². The predicted molar refractivity (Wildman–Crippen MR) is 88.7 cm³/mol.